The standard InChI is InChI=1S/C19H16N4O3S/c1-12-21-15(26-23-12)9-10-20-18(24)17-16(13-6-3-2-4-7-13)22-19(27-17)14-8-5-11-25-14/h2-8,11H,9-10H2,1H3,(H,20,24). The van der Waals surface area contributed by atoms with E-state index in [0.717, 1.165) is 5.56 Å². The Balaban J connectivity index is 1.57. The number of amides is 1. The summed E-state index contributed by atoms with van der Waals surface area (Å²) in [5, 5.41) is 7.30. The van der Waals surface area contributed by atoms with E-state index in [0.29, 0.717) is 46.0 Å². The number of carbonyl (C=O) groups is 1. The molecular weight excluding hydrogens is 364 g/mol. The first-order chi connectivity index (χ1) is 13.2. The summed E-state index contributed by atoms with van der Waals surface area (Å²) >= 11 is 1.30. The summed E-state index contributed by atoms with van der Waals surface area (Å²) in [6.45, 7) is 2.15. The number of carbonyl (C=O) groups excluding carboxylic acids is 1. The lowest BCUT2D eigenvalue weighted by atomic mass is 10.1. The largest absolute Gasteiger partial charge is 0.462 e. The Morgan fingerprint density at radius 2 is 2.00 bits per heavy atom. The molecule has 0 aliphatic rings. The number of hydrogen-bond acceptors (Lipinski definition) is 7. The minimum atomic E-state index is -0.194. The van der Waals surface area contributed by atoms with E-state index in [1.807, 2.05) is 36.4 Å². The number of hydrogen-bond donors (Lipinski definition) is 1. The predicted octanol–water partition coefficient (Wildman–Crippen LogP) is 3.73. The molecule has 4 rings (SSSR count). The molecule has 136 valence electrons. The van der Waals surface area contributed by atoms with Gasteiger partial charge in [-0.3, -0.25) is 4.79 Å². The van der Waals surface area contributed by atoms with Gasteiger partial charge in [-0.15, -0.1) is 11.3 Å². The van der Waals surface area contributed by atoms with Crippen molar-refractivity contribution in [2.75, 3.05) is 6.54 Å². The zero-order valence-electron chi connectivity index (χ0n) is 14.5. The first-order valence-corrected chi connectivity index (χ1v) is 9.20. The van der Waals surface area contributed by atoms with E-state index in [1.165, 1.54) is 11.3 Å². The summed E-state index contributed by atoms with van der Waals surface area (Å²) in [6, 6.07) is 13.2. The van der Waals surface area contributed by atoms with Gasteiger partial charge in [-0.2, -0.15) is 4.98 Å². The van der Waals surface area contributed by atoms with E-state index in [2.05, 4.69) is 20.4 Å². The molecule has 1 amide bonds. The lowest BCUT2D eigenvalue weighted by Crippen LogP contribution is -2.25. The van der Waals surface area contributed by atoms with Crippen LogP contribution in [0.2, 0.25) is 0 Å². The van der Waals surface area contributed by atoms with Crippen molar-refractivity contribution in [1.82, 2.24) is 20.4 Å². The van der Waals surface area contributed by atoms with E-state index in [-0.39, 0.29) is 5.91 Å². The summed E-state index contributed by atoms with van der Waals surface area (Å²) < 4.78 is 10.5. The number of furan rings is 1. The van der Waals surface area contributed by atoms with Crippen molar-refractivity contribution < 1.29 is 13.7 Å². The molecule has 8 heteroatoms. The lowest BCUT2D eigenvalue weighted by molar-refractivity contribution is 0.0958. The zero-order valence-corrected chi connectivity index (χ0v) is 15.3. The number of aromatic nitrogens is 3. The first kappa shape index (κ1) is 17.2. The zero-order chi connectivity index (χ0) is 18.6. The van der Waals surface area contributed by atoms with Gasteiger partial charge in [-0.25, -0.2) is 4.98 Å². The van der Waals surface area contributed by atoms with Crippen molar-refractivity contribution in [2.45, 2.75) is 13.3 Å². The van der Waals surface area contributed by atoms with Crippen LogP contribution in [0, 0.1) is 6.92 Å². The monoisotopic (exact) mass is 380 g/mol. The normalized spacial score (nSPS) is 10.9. The quantitative estimate of drug-likeness (QED) is 0.548. The van der Waals surface area contributed by atoms with Crippen LogP contribution in [-0.4, -0.2) is 27.6 Å². The van der Waals surface area contributed by atoms with E-state index < -0.39 is 0 Å². The van der Waals surface area contributed by atoms with Crippen LogP contribution in [0.1, 0.15) is 21.4 Å². The van der Waals surface area contributed by atoms with Gasteiger partial charge >= 0.3 is 0 Å². The van der Waals surface area contributed by atoms with E-state index in [1.54, 1.807) is 19.3 Å². The number of benzene rings is 1. The molecule has 0 radical (unpaired) electrons. The molecule has 1 N–H and O–H groups in total. The summed E-state index contributed by atoms with van der Waals surface area (Å²) in [5.41, 5.74) is 1.52. The topological polar surface area (TPSA) is 94.1 Å². The van der Waals surface area contributed by atoms with Gasteiger partial charge in [0, 0.05) is 18.5 Å². The Bertz CT molecular complexity index is 1040. The maximum atomic E-state index is 12.8. The molecule has 7 nitrogen and oxygen atoms in total. The van der Waals surface area contributed by atoms with Gasteiger partial charge in [0.05, 0.1) is 12.0 Å². The third-order valence-electron chi connectivity index (χ3n) is 3.81. The minimum Gasteiger partial charge on any atom is -0.462 e. The van der Waals surface area contributed by atoms with Gasteiger partial charge in [-0.1, -0.05) is 35.5 Å². The Labute approximate surface area is 159 Å². The highest BCUT2D eigenvalue weighted by Crippen LogP contribution is 2.34. The molecule has 27 heavy (non-hydrogen) atoms. The summed E-state index contributed by atoms with van der Waals surface area (Å²) in [7, 11) is 0. The second-order valence-electron chi connectivity index (χ2n) is 5.78. The molecule has 1 aromatic carbocycles. The highest BCUT2D eigenvalue weighted by atomic mass is 32.1. The van der Waals surface area contributed by atoms with Crippen LogP contribution >= 0.6 is 11.3 Å². The van der Waals surface area contributed by atoms with E-state index in [9.17, 15) is 4.79 Å². The van der Waals surface area contributed by atoms with Crippen LogP contribution in [-0.2, 0) is 6.42 Å². The molecule has 0 saturated heterocycles. The molecule has 4 aromatic rings. The molecule has 0 spiro atoms. The van der Waals surface area contributed by atoms with Crippen LogP contribution in [0.15, 0.2) is 57.7 Å². The summed E-state index contributed by atoms with van der Waals surface area (Å²) in [5.74, 6) is 1.52. The van der Waals surface area contributed by atoms with Gasteiger partial charge in [-0.05, 0) is 19.1 Å². The maximum absolute atomic E-state index is 12.8. The number of nitrogens with one attached hydrogen (secondary N) is 1. The van der Waals surface area contributed by atoms with Crippen LogP contribution < -0.4 is 5.32 Å². The number of thiazole rings is 1. The van der Waals surface area contributed by atoms with Gasteiger partial charge in [0.1, 0.15) is 4.88 Å². The SMILES string of the molecule is Cc1noc(CCNC(=O)c2sc(-c3ccco3)nc2-c2ccccc2)n1. The van der Waals surface area contributed by atoms with E-state index >= 15 is 0 Å². The van der Waals surface area contributed by atoms with Crippen molar-refractivity contribution >= 4 is 17.2 Å². The van der Waals surface area contributed by atoms with Crippen molar-refractivity contribution in [3.05, 3.63) is 65.3 Å². The van der Waals surface area contributed by atoms with Crippen LogP contribution in [0.5, 0.6) is 0 Å². The number of aryl methyl sites for hydroxylation is 1. The van der Waals surface area contributed by atoms with Gasteiger partial charge in [0.15, 0.2) is 16.6 Å². The van der Waals surface area contributed by atoms with Gasteiger partial charge < -0.3 is 14.3 Å². The van der Waals surface area contributed by atoms with Crippen LogP contribution in [0.25, 0.3) is 22.0 Å². The van der Waals surface area contributed by atoms with E-state index in [4.69, 9.17) is 8.94 Å². The third kappa shape index (κ3) is 3.80. The van der Waals surface area contributed by atoms with Crippen molar-refractivity contribution in [1.29, 1.82) is 0 Å². The molecule has 0 fully saturated rings. The first-order valence-electron chi connectivity index (χ1n) is 8.38. The van der Waals surface area contributed by atoms with Crippen molar-refractivity contribution in [3.63, 3.8) is 0 Å². The van der Waals surface area contributed by atoms with Crippen LogP contribution in [0.3, 0.4) is 0 Å². The second kappa shape index (κ2) is 7.55. The molecular formula is C19H16N4O3S. The molecule has 0 unspecified atom stereocenters. The number of nitrogens with zero attached hydrogens (tertiary/aromatic N) is 3. The third-order valence-corrected chi connectivity index (χ3v) is 4.88. The molecule has 0 aliphatic carbocycles. The van der Waals surface area contributed by atoms with Gasteiger partial charge in [0.2, 0.25) is 5.89 Å². The number of rotatable bonds is 6. The maximum Gasteiger partial charge on any atom is 0.263 e. The molecule has 0 atom stereocenters. The Morgan fingerprint density at radius 3 is 2.70 bits per heavy atom. The van der Waals surface area contributed by atoms with Crippen LogP contribution in [0.4, 0.5) is 0 Å². The van der Waals surface area contributed by atoms with Gasteiger partial charge in [0.25, 0.3) is 5.91 Å². The fourth-order valence-electron chi connectivity index (χ4n) is 2.58. The Morgan fingerprint density at radius 1 is 1.15 bits per heavy atom. The average Bonchev–Trinajstić information content (AvgIpc) is 3.43. The lowest BCUT2D eigenvalue weighted by Gasteiger charge is -2.04. The highest BCUT2D eigenvalue weighted by Gasteiger charge is 2.21. The summed E-state index contributed by atoms with van der Waals surface area (Å²) in [6.07, 6.45) is 2.06. The second-order valence-corrected chi connectivity index (χ2v) is 6.78. The fraction of sp³-hybridized carbons (Fsp3) is 0.158. The minimum absolute atomic E-state index is 0.194. The Kier molecular flexibility index (Phi) is 4.80. The summed E-state index contributed by atoms with van der Waals surface area (Å²) in [4.78, 5) is 22.1. The molecule has 0 aliphatic heterocycles. The molecule has 0 saturated carbocycles. The molecule has 3 heterocycles. The average molecular weight is 380 g/mol. The molecule has 0 bridgehead atoms. The van der Waals surface area contributed by atoms with Crippen molar-refractivity contribution in [2.24, 2.45) is 0 Å². The predicted molar refractivity (Wildman–Crippen MR) is 100 cm³/mol. The molecule has 3 aromatic heterocycles. The Hall–Kier alpha value is -3.26. The smallest absolute Gasteiger partial charge is 0.263 e. The van der Waals surface area contributed by atoms with Crippen molar-refractivity contribution in [3.8, 4) is 22.0 Å². The fourth-order valence-corrected chi connectivity index (χ4v) is 3.55. The highest BCUT2D eigenvalue weighted by molar-refractivity contribution is 7.17.